The molecule has 0 aliphatic carbocycles. The van der Waals surface area contributed by atoms with Gasteiger partial charge < -0.3 is 16.0 Å². The standard InChI is InChI=1S/C16H14BrN3O2/c17-10-2-1-9-7-13(15(21)20-6-4-18)11-3-5-19-16(22)14(11)12(9)8-10/h1-3,5,7-8H,4,6,18H2,(H,19,22)(H,20,21). The van der Waals surface area contributed by atoms with Gasteiger partial charge in [0, 0.05) is 34.7 Å². The summed E-state index contributed by atoms with van der Waals surface area (Å²) in [6.07, 6.45) is 1.55. The van der Waals surface area contributed by atoms with E-state index in [1.54, 1.807) is 18.3 Å². The predicted molar refractivity (Wildman–Crippen MR) is 91.2 cm³/mol. The number of hydrogen-bond donors (Lipinski definition) is 3. The monoisotopic (exact) mass is 359 g/mol. The zero-order valence-corrected chi connectivity index (χ0v) is 13.2. The Hall–Kier alpha value is -2.18. The Morgan fingerprint density at radius 3 is 2.82 bits per heavy atom. The third-order valence-corrected chi connectivity index (χ3v) is 4.00. The summed E-state index contributed by atoms with van der Waals surface area (Å²) in [5.74, 6) is -0.231. The molecule has 0 saturated heterocycles. The van der Waals surface area contributed by atoms with Crippen LogP contribution in [0.5, 0.6) is 0 Å². The van der Waals surface area contributed by atoms with Crippen molar-refractivity contribution in [2.24, 2.45) is 5.73 Å². The van der Waals surface area contributed by atoms with Gasteiger partial charge in [-0.2, -0.15) is 0 Å². The fourth-order valence-corrected chi connectivity index (χ4v) is 2.90. The Balaban J connectivity index is 2.37. The molecular formula is C16H14BrN3O2. The summed E-state index contributed by atoms with van der Waals surface area (Å²) < 4.78 is 0.880. The summed E-state index contributed by atoms with van der Waals surface area (Å²) in [6.45, 7) is 0.757. The summed E-state index contributed by atoms with van der Waals surface area (Å²) in [5.41, 5.74) is 5.69. The summed E-state index contributed by atoms with van der Waals surface area (Å²) in [7, 11) is 0. The summed E-state index contributed by atoms with van der Waals surface area (Å²) >= 11 is 3.42. The van der Waals surface area contributed by atoms with Gasteiger partial charge in [0.15, 0.2) is 0 Å². The van der Waals surface area contributed by atoms with E-state index in [2.05, 4.69) is 26.2 Å². The van der Waals surface area contributed by atoms with Crippen LogP contribution in [0, 0.1) is 0 Å². The molecule has 0 spiro atoms. The number of rotatable bonds is 3. The highest BCUT2D eigenvalue weighted by molar-refractivity contribution is 9.10. The van der Waals surface area contributed by atoms with Crippen molar-refractivity contribution >= 4 is 43.4 Å². The van der Waals surface area contributed by atoms with E-state index in [1.165, 1.54) is 0 Å². The molecule has 0 aliphatic rings. The van der Waals surface area contributed by atoms with E-state index in [-0.39, 0.29) is 11.5 Å². The van der Waals surface area contributed by atoms with Gasteiger partial charge in [0.1, 0.15) is 0 Å². The van der Waals surface area contributed by atoms with Gasteiger partial charge in [0.05, 0.1) is 5.39 Å². The lowest BCUT2D eigenvalue weighted by Gasteiger charge is -2.10. The predicted octanol–water partition coefficient (Wildman–Crippen LogP) is 2.13. The smallest absolute Gasteiger partial charge is 0.256 e. The maximum atomic E-state index is 12.4. The molecule has 1 heterocycles. The molecule has 1 aromatic heterocycles. The topological polar surface area (TPSA) is 88.0 Å². The highest BCUT2D eigenvalue weighted by Gasteiger charge is 2.14. The van der Waals surface area contributed by atoms with Crippen molar-refractivity contribution in [2.45, 2.75) is 0 Å². The lowest BCUT2D eigenvalue weighted by atomic mass is 9.98. The van der Waals surface area contributed by atoms with Crippen LogP contribution in [-0.2, 0) is 0 Å². The number of benzene rings is 2. The van der Waals surface area contributed by atoms with Crippen molar-refractivity contribution < 1.29 is 4.79 Å². The van der Waals surface area contributed by atoms with E-state index in [9.17, 15) is 9.59 Å². The Morgan fingerprint density at radius 1 is 1.23 bits per heavy atom. The lowest BCUT2D eigenvalue weighted by Crippen LogP contribution is -2.29. The minimum atomic E-state index is -0.231. The number of halogens is 1. The number of aromatic nitrogens is 1. The first-order valence-corrected chi connectivity index (χ1v) is 7.63. The second-order valence-electron chi connectivity index (χ2n) is 4.93. The van der Waals surface area contributed by atoms with Crippen LogP contribution in [0.1, 0.15) is 10.4 Å². The normalized spacial score (nSPS) is 11.0. The molecule has 22 heavy (non-hydrogen) atoms. The van der Waals surface area contributed by atoms with E-state index >= 15 is 0 Å². The summed E-state index contributed by atoms with van der Waals surface area (Å²) in [6, 6.07) is 9.19. The first-order chi connectivity index (χ1) is 10.6. The van der Waals surface area contributed by atoms with Crippen LogP contribution >= 0.6 is 15.9 Å². The Kier molecular flexibility index (Phi) is 3.96. The molecular weight excluding hydrogens is 346 g/mol. The average Bonchev–Trinajstić information content (AvgIpc) is 2.52. The molecule has 6 heteroatoms. The molecule has 3 aromatic rings. The van der Waals surface area contributed by atoms with Gasteiger partial charge in [0.2, 0.25) is 0 Å². The molecule has 0 fully saturated rings. The summed E-state index contributed by atoms with van der Waals surface area (Å²) in [4.78, 5) is 27.3. The van der Waals surface area contributed by atoms with Crippen molar-refractivity contribution in [2.75, 3.05) is 13.1 Å². The van der Waals surface area contributed by atoms with Crippen LogP contribution in [0.3, 0.4) is 0 Å². The van der Waals surface area contributed by atoms with E-state index in [0.29, 0.717) is 29.4 Å². The number of H-pyrrole nitrogens is 1. The van der Waals surface area contributed by atoms with Crippen molar-refractivity contribution in [3.63, 3.8) is 0 Å². The fourth-order valence-electron chi connectivity index (χ4n) is 2.54. The maximum absolute atomic E-state index is 12.4. The largest absolute Gasteiger partial charge is 0.351 e. The van der Waals surface area contributed by atoms with Crippen LogP contribution in [0.25, 0.3) is 21.5 Å². The van der Waals surface area contributed by atoms with Crippen LogP contribution in [-0.4, -0.2) is 24.0 Å². The van der Waals surface area contributed by atoms with E-state index in [4.69, 9.17) is 5.73 Å². The van der Waals surface area contributed by atoms with Gasteiger partial charge >= 0.3 is 0 Å². The molecule has 0 aliphatic heterocycles. The minimum Gasteiger partial charge on any atom is -0.351 e. The third kappa shape index (κ3) is 2.51. The molecule has 4 N–H and O–H groups in total. The quantitative estimate of drug-likeness (QED) is 0.626. The van der Waals surface area contributed by atoms with Crippen molar-refractivity contribution in [3.05, 3.63) is 56.9 Å². The third-order valence-electron chi connectivity index (χ3n) is 3.51. The zero-order valence-electron chi connectivity index (χ0n) is 11.7. The van der Waals surface area contributed by atoms with Gasteiger partial charge in [-0.3, -0.25) is 9.59 Å². The van der Waals surface area contributed by atoms with Crippen LogP contribution in [0.4, 0.5) is 0 Å². The minimum absolute atomic E-state index is 0.214. The molecule has 5 nitrogen and oxygen atoms in total. The van der Waals surface area contributed by atoms with Gasteiger partial charge in [-0.05, 0) is 35.0 Å². The number of fused-ring (bicyclic) bond motifs is 3. The number of hydrogen-bond acceptors (Lipinski definition) is 3. The van der Waals surface area contributed by atoms with Crippen molar-refractivity contribution in [3.8, 4) is 0 Å². The average molecular weight is 360 g/mol. The number of carbonyl (C=O) groups is 1. The highest BCUT2D eigenvalue weighted by atomic mass is 79.9. The van der Waals surface area contributed by atoms with E-state index in [0.717, 1.165) is 15.2 Å². The fraction of sp³-hybridized carbons (Fsp3) is 0.125. The van der Waals surface area contributed by atoms with Gasteiger partial charge in [-0.25, -0.2) is 0 Å². The van der Waals surface area contributed by atoms with E-state index < -0.39 is 0 Å². The maximum Gasteiger partial charge on any atom is 0.256 e. The number of aromatic amines is 1. The zero-order chi connectivity index (χ0) is 15.7. The molecule has 112 valence electrons. The second-order valence-corrected chi connectivity index (χ2v) is 5.85. The molecule has 0 bridgehead atoms. The number of nitrogens with one attached hydrogen (secondary N) is 2. The van der Waals surface area contributed by atoms with E-state index in [1.807, 2.05) is 18.2 Å². The number of pyridine rings is 1. The molecule has 2 aromatic carbocycles. The number of amides is 1. The molecule has 0 atom stereocenters. The van der Waals surface area contributed by atoms with Crippen LogP contribution < -0.4 is 16.6 Å². The second kappa shape index (κ2) is 5.90. The van der Waals surface area contributed by atoms with Gasteiger partial charge in [0.25, 0.3) is 11.5 Å². The van der Waals surface area contributed by atoms with Gasteiger partial charge in [-0.1, -0.05) is 22.0 Å². The highest BCUT2D eigenvalue weighted by Crippen LogP contribution is 2.28. The molecule has 3 rings (SSSR count). The lowest BCUT2D eigenvalue weighted by molar-refractivity contribution is 0.0956. The Bertz CT molecular complexity index is 934. The summed E-state index contributed by atoms with van der Waals surface area (Å²) in [5, 5.41) is 5.54. The molecule has 0 radical (unpaired) electrons. The van der Waals surface area contributed by atoms with Crippen molar-refractivity contribution in [1.82, 2.24) is 10.3 Å². The molecule has 1 amide bonds. The molecule has 0 saturated carbocycles. The van der Waals surface area contributed by atoms with Crippen LogP contribution in [0.2, 0.25) is 0 Å². The number of nitrogens with two attached hydrogens (primary N) is 1. The molecule has 0 unspecified atom stereocenters. The number of carbonyl (C=O) groups excluding carboxylic acids is 1. The first-order valence-electron chi connectivity index (χ1n) is 6.84. The Labute approximate surface area is 134 Å². The van der Waals surface area contributed by atoms with Gasteiger partial charge in [-0.15, -0.1) is 0 Å². The van der Waals surface area contributed by atoms with Crippen molar-refractivity contribution in [1.29, 1.82) is 0 Å². The SMILES string of the molecule is NCCNC(=O)c1cc2ccc(Br)cc2c2c(=O)[nH]ccc12. The van der Waals surface area contributed by atoms with Crippen LogP contribution in [0.15, 0.2) is 45.8 Å². The Morgan fingerprint density at radius 2 is 2.05 bits per heavy atom. The first kappa shape index (κ1) is 14.7.